The van der Waals surface area contributed by atoms with Gasteiger partial charge < -0.3 is 15.7 Å². The standard InChI is InChI=1S/C13H16N2O4/c1-8(6-11(16)17)15-13(19)10-5-3-4-9(7-10)12(18)14-2/h3-5,7-8H,6H2,1-2H3,(H,14,18)(H,15,19)(H,16,17). The van der Waals surface area contributed by atoms with Crippen molar-refractivity contribution in [2.24, 2.45) is 0 Å². The summed E-state index contributed by atoms with van der Waals surface area (Å²) in [5.41, 5.74) is 0.694. The number of amides is 2. The summed E-state index contributed by atoms with van der Waals surface area (Å²) < 4.78 is 0. The van der Waals surface area contributed by atoms with Gasteiger partial charge in [0.05, 0.1) is 6.42 Å². The minimum atomic E-state index is -0.980. The van der Waals surface area contributed by atoms with Gasteiger partial charge in [0.25, 0.3) is 11.8 Å². The highest BCUT2D eigenvalue weighted by Crippen LogP contribution is 2.06. The van der Waals surface area contributed by atoms with Gasteiger partial charge in [0.1, 0.15) is 0 Å². The van der Waals surface area contributed by atoms with Gasteiger partial charge in [0, 0.05) is 24.2 Å². The Morgan fingerprint density at radius 1 is 1.21 bits per heavy atom. The molecule has 0 aromatic heterocycles. The Morgan fingerprint density at radius 3 is 2.32 bits per heavy atom. The highest BCUT2D eigenvalue weighted by atomic mass is 16.4. The molecule has 1 aromatic carbocycles. The average molecular weight is 264 g/mol. The Morgan fingerprint density at radius 2 is 1.79 bits per heavy atom. The first-order valence-corrected chi connectivity index (χ1v) is 5.79. The van der Waals surface area contributed by atoms with E-state index in [9.17, 15) is 14.4 Å². The largest absolute Gasteiger partial charge is 0.481 e. The Balaban J connectivity index is 2.77. The number of hydrogen-bond donors (Lipinski definition) is 3. The van der Waals surface area contributed by atoms with E-state index in [4.69, 9.17) is 5.11 Å². The third kappa shape index (κ3) is 4.42. The summed E-state index contributed by atoms with van der Waals surface area (Å²) in [7, 11) is 1.50. The topological polar surface area (TPSA) is 95.5 Å². The molecule has 0 spiro atoms. The lowest BCUT2D eigenvalue weighted by Gasteiger charge is -2.12. The van der Waals surface area contributed by atoms with Crippen LogP contribution in [-0.4, -0.2) is 36.0 Å². The smallest absolute Gasteiger partial charge is 0.305 e. The normalized spacial score (nSPS) is 11.5. The number of aliphatic carboxylic acids is 1. The minimum Gasteiger partial charge on any atom is -0.481 e. The van der Waals surface area contributed by atoms with Gasteiger partial charge in [-0.3, -0.25) is 14.4 Å². The number of nitrogens with one attached hydrogen (secondary N) is 2. The van der Waals surface area contributed by atoms with Gasteiger partial charge in [-0.15, -0.1) is 0 Å². The lowest BCUT2D eigenvalue weighted by molar-refractivity contribution is -0.137. The highest BCUT2D eigenvalue weighted by Gasteiger charge is 2.13. The maximum Gasteiger partial charge on any atom is 0.305 e. The van der Waals surface area contributed by atoms with Gasteiger partial charge >= 0.3 is 5.97 Å². The van der Waals surface area contributed by atoms with Crippen LogP contribution in [0.3, 0.4) is 0 Å². The number of rotatable bonds is 5. The second-order valence-electron chi connectivity index (χ2n) is 4.13. The maximum absolute atomic E-state index is 11.9. The number of carboxylic acids is 1. The van der Waals surface area contributed by atoms with Crippen LogP contribution in [0.15, 0.2) is 24.3 Å². The zero-order valence-electron chi connectivity index (χ0n) is 10.8. The molecule has 0 saturated heterocycles. The van der Waals surface area contributed by atoms with E-state index in [1.165, 1.54) is 13.1 Å². The Kier molecular flexibility index (Phi) is 5.05. The number of carbonyl (C=O) groups excluding carboxylic acids is 2. The summed E-state index contributed by atoms with van der Waals surface area (Å²) in [6.07, 6.45) is -0.152. The van der Waals surface area contributed by atoms with E-state index in [1.54, 1.807) is 25.1 Å². The first-order valence-electron chi connectivity index (χ1n) is 5.79. The first kappa shape index (κ1) is 14.7. The van der Waals surface area contributed by atoms with E-state index in [0.717, 1.165) is 0 Å². The predicted octanol–water partition coefficient (Wildman–Crippen LogP) is 0.639. The SMILES string of the molecule is CNC(=O)c1cccc(C(=O)NC(C)CC(=O)O)c1. The molecule has 0 aliphatic rings. The van der Waals surface area contributed by atoms with Crippen LogP contribution >= 0.6 is 0 Å². The van der Waals surface area contributed by atoms with Crippen molar-refractivity contribution < 1.29 is 19.5 Å². The van der Waals surface area contributed by atoms with Crippen LogP contribution in [0.1, 0.15) is 34.1 Å². The van der Waals surface area contributed by atoms with Crippen molar-refractivity contribution >= 4 is 17.8 Å². The molecule has 1 unspecified atom stereocenters. The monoisotopic (exact) mass is 264 g/mol. The van der Waals surface area contributed by atoms with Gasteiger partial charge in [0.2, 0.25) is 0 Å². The van der Waals surface area contributed by atoms with Crippen molar-refractivity contribution in [2.75, 3.05) is 7.05 Å². The molecule has 0 aliphatic carbocycles. The summed E-state index contributed by atoms with van der Waals surface area (Å²) in [5.74, 6) is -1.67. The van der Waals surface area contributed by atoms with E-state index in [-0.39, 0.29) is 12.3 Å². The van der Waals surface area contributed by atoms with E-state index >= 15 is 0 Å². The third-order valence-corrected chi connectivity index (χ3v) is 2.47. The van der Waals surface area contributed by atoms with Gasteiger partial charge in [-0.1, -0.05) is 6.07 Å². The van der Waals surface area contributed by atoms with Gasteiger partial charge in [-0.25, -0.2) is 0 Å². The van der Waals surface area contributed by atoms with Crippen molar-refractivity contribution in [3.63, 3.8) is 0 Å². The molecule has 0 saturated carbocycles. The molecule has 0 radical (unpaired) electrons. The Hall–Kier alpha value is -2.37. The Labute approximate surface area is 110 Å². The van der Waals surface area contributed by atoms with Gasteiger partial charge in [-0.05, 0) is 25.1 Å². The van der Waals surface area contributed by atoms with Crippen molar-refractivity contribution in [1.82, 2.24) is 10.6 Å². The second-order valence-corrected chi connectivity index (χ2v) is 4.13. The van der Waals surface area contributed by atoms with Crippen molar-refractivity contribution in [1.29, 1.82) is 0 Å². The molecule has 0 aliphatic heterocycles. The molecular formula is C13H16N2O4. The van der Waals surface area contributed by atoms with Crippen LogP contribution in [0.2, 0.25) is 0 Å². The van der Waals surface area contributed by atoms with Crippen LogP contribution in [0, 0.1) is 0 Å². The van der Waals surface area contributed by atoms with Gasteiger partial charge in [0.15, 0.2) is 0 Å². The van der Waals surface area contributed by atoms with E-state index < -0.39 is 17.9 Å². The van der Waals surface area contributed by atoms with E-state index in [2.05, 4.69) is 10.6 Å². The average Bonchev–Trinajstić information content (AvgIpc) is 2.36. The number of benzene rings is 1. The molecule has 102 valence electrons. The molecule has 2 amide bonds. The summed E-state index contributed by atoms with van der Waals surface area (Å²) in [6.45, 7) is 1.61. The fourth-order valence-electron chi connectivity index (χ4n) is 1.57. The predicted molar refractivity (Wildman–Crippen MR) is 69.0 cm³/mol. The lowest BCUT2D eigenvalue weighted by atomic mass is 10.1. The van der Waals surface area contributed by atoms with E-state index in [0.29, 0.717) is 11.1 Å². The molecule has 0 fully saturated rings. The minimum absolute atomic E-state index is 0.152. The van der Waals surface area contributed by atoms with Crippen LogP contribution in [0.25, 0.3) is 0 Å². The highest BCUT2D eigenvalue weighted by molar-refractivity contribution is 5.99. The zero-order valence-corrected chi connectivity index (χ0v) is 10.8. The lowest BCUT2D eigenvalue weighted by Crippen LogP contribution is -2.34. The number of hydrogen-bond acceptors (Lipinski definition) is 3. The molecule has 19 heavy (non-hydrogen) atoms. The first-order chi connectivity index (χ1) is 8.93. The van der Waals surface area contributed by atoms with Crippen LogP contribution in [0.5, 0.6) is 0 Å². The molecule has 0 heterocycles. The Bertz CT molecular complexity index is 499. The maximum atomic E-state index is 11.9. The molecule has 1 aromatic rings. The van der Waals surface area contributed by atoms with E-state index in [1.807, 2.05) is 0 Å². The summed E-state index contributed by atoms with van der Waals surface area (Å²) >= 11 is 0. The number of carbonyl (C=O) groups is 3. The second kappa shape index (κ2) is 6.53. The molecular weight excluding hydrogens is 248 g/mol. The van der Waals surface area contributed by atoms with Crippen LogP contribution in [-0.2, 0) is 4.79 Å². The summed E-state index contributed by atoms with van der Waals surface area (Å²) in [4.78, 5) is 33.8. The fraction of sp³-hybridized carbons (Fsp3) is 0.308. The molecule has 1 atom stereocenters. The van der Waals surface area contributed by atoms with Gasteiger partial charge in [-0.2, -0.15) is 0 Å². The summed E-state index contributed by atoms with van der Waals surface area (Å²) in [5, 5.41) is 13.6. The number of carboxylic acid groups (broad SMARTS) is 1. The molecule has 1 rings (SSSR count). The molecule has 3 N–H and O–H groups in total. The quantitative estimate of drug-likeness (QED) is 0.727. The van der Waals surface area contributed by atoms with Crippen molar-refractivity contribution in [3.8, 4) is 0 Å². The third-order valence-electron chi connectivity index (χ3n) is 2.47. The fourth-order valence-corrected chi connectivity index (χ4v) is 1.57. The molecule has 0 bridgehead atoms. The zero-order chi connectivity index (χ0) is 14.4. The van der Waals surface area contributed by atoms with Crippen molar-refractivity contribution in [2.45, 2.75) is 19.4 Å². The summed E-state index contributed by atoms with van der Waals surface area (Å²) in [6, 6.07) is 5.74. The van der Waals surface area contributed by atoms with Crippen LogP contribution < -0.4 is 10.6 Å². The van der Waals surface area contributed by atoms with Crippen molar-refractivity contribution in [3.05, 3.63) is 35.4 Å². The molecule has 6 nitrogen and oxygen atoms in total. The molecule has 6 heteroatoms. The van der Waals surface area contributed by atoms with Crippen LogP contribution in [0.4, 0.5) is 0 Å².